The Bertz CT molecular complexity index is 909. The molecule has 0 unspecified atom stereocenters. The number of rotatable bonds is 4. The van der Waals surface area contributed by atoms with Crippen LogP contribution in [0.25, 0.3) is 11.0 Å². The lowest BCUT2D eigenvalue weighted by atomic mass is 10.2. The van der Waals surface area contributed by atoms with Gasteiger partial charge < -0.3 is 14.2 Å². The number of hydrogen-bond acceptors (Lipinski definition) is 6. The third kappa shape index (κ3) is 3.14. The quantitative estimate of drug-likeness (QED) is 0.707. The SMILES string of the molecule is Cc1nc(N2CCN(C(=O)CCc3ccco3)CC2)c2cnn(C)c2n1. The Kier molecular flexibility index (Phi) is 4.32. The molecule has 0 N–H and O–H groups in total. The lowest BCUT2D eigenvalue weighted by Gasteiger charge is -2.35. The minimum atomic E-state index is 0.173. The smallest absolute Gasteiger partial charge is 0.223 e. The Balaban J connectivity index is 1.41. The van der Waals surface area contributed by atoms with Crippen LogP contribution in [-0.2, 0) is 18.3 Å². The summed E-state index contributed by atoms with van der Waals surface area (Å²) in [5.74, 6) is 2.66. The Morgan fingerprint density at radius 1 is 1.23 bits per heavy atom. The minimum Gasteiger partial charge on any atom is -0.469 e. The van der Waals surface area contributed by atoms with E-state index >= 15 is 0 Å². The van der Waals surface area contributed by atoms with Gasteiger partial charge in [0.1, 0.15) is 17.4 Å². The summed E-state index contributed by atoms with van der Waals surface area (Å²) in [6.45, 7) is 4.80. The molecule has 8 nitrogen and oxygen atoms in total. The van der Waals surface area contributed by atoms with Crippen LogP contribution in [0.5, 0.6) is 0 Å². The predicted molar refractivity (Wildman–Crippen MR) is 96.9 cm³/mol. The van der Waals surface area contributed by atoms with Crippen LogP contribution in [0.3, 0.4) is 0 Å². The third-order valence-electron chi connectivity index (χ3n) is 4.78. The van der Waals surface area contributed by atoms with Crippen LogP contribution in [-0.4, -0.2) is 56.7 Å². The first-order chi connectivity index (χ1) is 12.6. The molecule has 3 aromatic rings. The van der Waals surface area contributed by atoms with Gasteiger partial charge in [-0.25, -0.2) is 9.97 Å². The molecule has 1 aliphatic rings. The van der Waals surface area contributed by atoms with Gasteiger partial charge >= 0.3 is 0 Å². The largest absolute Gasteiger partial charge is 0.469 e. The summed E-state index contributed by atoms with van der Waals surface area (Å²) in [6, 6.07) is 3.75. The first-order valence-corrected chi connectivity index (χ1v) is 8.83. The number of furan rings is 1. The fourth-order valence-electron chi connectivity index (χ4n) is 3.36. The minimum absolute atomic E-state index is 0.173. The molecule has 1 amide bonds. The molecule has 4 rings (SSSR count). The van der Waals surface area contributed by atoms with Gasteiger partial charge in [-0.05, 0) is 19.1 Å². The molecule has 1 saturated heterocycles. The summed E-state index contributed by atoms with van der Waals surface area (Å²) in [7, 11) is 1.88. The highest BCUT2D eigenvalue weighted by Crippen LogP contribution is 2.24. The molecule has 0 radical (unpaired) electrons. The van der Waals surface area contributed by atoms with Crippen molar-refractivity contribution >= 4 is 22.8 Å². The van der Waals surface area contributed by atoms with Crippen molar-refractivity contribution in [2.45, 2.75) is 19.8 Å². The van der Waals surface area contributed by atoms with Crippen molar-refractivity contribution in [2.24, 2.45) is 7.05 Å². The second-order valence-corrected chi connectivity index (χ2v) is 6.55. The number of aryl methyl sites for hydroxylation is 3. The third-order valence-corrected chi connectivity index (χ3v) is 4.78. The summed E-state index contributed by atoms with van der Waals surface area (Å²) in [5.41, 5.74) is 0.837. The van der Waals surface area contributed by atoms with Crippen LogP contribution in [0.2, 0.25) is 0 Å². The molecule has 0 aliphatic carbocycles. The first kappa shape index (κ1) is 16.6. The normalized spacial score (nSPS) is 15.0. The Morgan fingerprint density at radius 2 is 2.04 bits per heavy atom. The summed E-state index contributed by atoms with van der Waals surface area (Å²) in [4.78, 5) is 25.7. The van der Waals surface area contributed by atoms with Crippen LogP contribution in [0.4, 0.5) is 5.82 Å². The molecule has 3 aromatic heterocycles. The van der Waals surface area contributed by atoms with Crippen LogP contribution < -0.4 is 4.90 Å². The Labute approximate surface area is 151 Å². The highest BCUT2D eigenvalue weighted by atomic mass is 16.3. The van der Waals surface area contributed by atoms with E-state index in [1.54, 1.807) is 10.9 Å². The number of fused-ring (bicyclic) bond motifs is 1. The standard InChI is InChI=1S/C18H22N6O2/c1-13-20-17-15(12-19-22(17)2)18(21-13)24-9-7-23(8-10-24)16(25)6-5-14-4-3-11-26-14/h3-4,11-12H,5-10H2,1-2H3. The van der Waals surface area contributed by atoms with E-state index in [2.05, 4.69) is 20.0 Å². The lowest BCUT2D eigenvalue weighted by Crippen LogP contribution is -2.49. The van der Waals surface area contributed by atoms with Gasteiger partial charge in [-0.2, -0.15) is 5.10 Å². The van der Waals surface area contributed by atoms with Crippen LogP contribution in [0, 0.1) is 6.92 Å². The zero-order chi connectivity index (χ0) is 18.1. The fourth-order valence-corrected chi connectivity index (χ4v) is 3.36. The van der Waals surface area contributed by atoms with Crippen molar-refractivity contribution in [3.05, 3.63) is 36.2 Å². The number of carbonyl (C=O) groups excluding carboxylic acids is 1. The molecule has 0 bridgehead atoms. The summed E-state index contributed by atoms with van der Waals surface area (Å²) in [6.07, 6.45) is 4.58. The van der Waals surface area contributed by atoms with Crippen LogP contribution in [0.1, 0.15) is 18.0 Å². The number of aromatic nitrogens is 4. The van der Waals surface area contributed by atoms with Crippen molar-refractivity contribution in [1.82, 2.24) is 24.6 Å². The van der Waals surface area contributed by atoms with Gasteiger partial charge in [0.25, 0.3) is 0 Å². The number of amides is 1. The molecular formula is C18H22N6O2. The van der Waals surface area contributed by atoms with Gasteiger partial charge in [-0.1, -0.05) is 0 Å². The van der Waals surface area contributed by atoms with Gasteiger partial charge in [0.15, 0.2) is 5.65 Å². The molecule has 136 valence electrons. The fraction of sp³-hybridized carbons (Fsp3) is 0.444. The van der Waals surface area contributed by atoms with Gasteiger partial charge in [-0.15, -0.1) is 0 Å². The maximum atomic E-state index is 12.4. The average molecular weight is 354 g/mol. The maximum Gasteiger partial charge on any atom is 0.223 e. The summed E-state index contributed by atoms with van der Waals surface area (Å²) in [5, 5.41) is 5.25. The average Bonchev–Trinajstić information content (AvgIpc) is 3.30. The highest BCUT2D eigenvalue weighted by molar-refractivity contribution is 5.87. The zero-order valence-corrected chi connectivity index (χ0v) is 15.1. The topological polar surface area (TPSA) is 80.3 Å². The molecule has 1 fully saturated rings. The van der Waals surface area contributed by atoms with Crippen molar-refractivity contribution in [3.63, 3.8) is 0 Å². The van der Waals surface area contributed by atoms with E-state index < -0.39 is 0 Å². The predicted octanol–water partition coefficient (Wildman–Crippen LogP) is 1.55. The first-order valence-electron chi connectivity index (χ1n) is 8.83. The number of anilines is 1. The highest BCUT2D eigenvalue weighted by Gasteiger charge is 2.24. The van der Waals surface area contributed by atoms with Crippen molar-refractivity contribution < 1.29 is 9.21 Å². The number of nitrogens with zero attached hydrogens (tertiary/aromatic N) is 6. The number of carbonyl (C=O) groups is 1. The van der Waals surface area contributed by atoms with Crippen molar-refractivity contribution in [1.29, 1.82) is 0 Å². The van der Waals surface area contributed by atoms with Crippen molar-refractivity contribution in [2.75, 3.05) is 31.1 Å². The van der Waals surface area contributed by atoms with Crippen molar-refractivity contribution in [3.8, 4) is 0 Å². The number of piperazine rings is 1. The Morgan fingerprint density at radius 3 is 2.77 bits per heavy atom. The van der Waals surface area contributed by atoms with E-state index in [9.17, 15) is 4.79 Å². The monoisotopic (exact) mass is 354 g/mol. The van der Waals surface area contributed by atoms with Gasteiger partial charge in [0.05, 0.1) is 17.8 Å². The van der Waals surface area contributed by atoms with E-state index in [-0.39, 0.29) is 5.91 Å². The molecule has 0 saturated carbocycles. The molecule has 0 aromatic carbocycles. The van der Waals surface area contributed by atoms with E-state index in [0.717, 1.165) is 41.5 Å². The molecular weight excluding hydrogens is 332 g/mol. The van der Waals surface area contributed by atoms with E-state index in [0.29, 0.717) is 25.9 Å². The molecule has 8 heteroatoms. The number of hydrogen-bond donors (Lipinski definition) is 0. The molecule has 4 heterocycles. The van der Waals surface area contributed by atoms with Crippen LogP contribution in [0.15, 0.2) is 29.0 Å². The molecule has 1 aliphatic heterocycles. The molecule has 0 atom stereocenters. The van der Waals surface area contributed by atoms with Crippen LogP contribution >= 0.6 is 0 Å². The summed E-state index contributed by atoms with van der Waals surface area (Å²) < 4.78 is 7.06. The van der Waals surface area contributed by atoms with Gasteiger partial charge in [-0.3, -0.25) is 9.48 Å². The van der Waals surface area contributed by atoms with E-state index in [1.807, 2.05) is 37.2 Å². The lowest BCUT2D eigenvalue weighted by molar-refractivity contribution is -0.131. The molecule has 0 spiro atoms. The van der Waals surface area contributed by atoms with Gasteiger partial charge in [0.2, 0.25) is 5.91 Å². The second-order valence-electron chi connectivity index (χ2n) is 6.55. The van der Waals surface area contributed by atoms with Gasteiger partial charge in [0, 0.05) is 46.1 Å². The molecule has 26 heavy (non-hydrogen) atoms. The Hall–Kier alpha value is -2.90. The second kappa shape index (κ2) is 6.78. The maximum absolute atomic E-state index is 12.4. The summed E-state index contributed by atoms with van der Waals surface area (Å²) >= 11 is 0. The van der Waals surface area contributed by atoms with E-state index in [1.165, 1.54) is 0 Å². The van der Waals surface area contributed by atoms with E-state index in [4.69, 9.17) is 4.42 Å². The zero-order valence-electron chi connectivity index (χ0n) is 15.1.